The average Bonchev–Trinajstić information content (AvgIpc) is 2.85. The van der Waals surface area contributed by atoms with Crippen LogP contribution in [0, 0.1) is 0 Å². The predicted octanol–water partition coefficient (Wildman–Crippen LogP) is 4.60. The number of para-hydroxylation sites is 1. The van der Waals surface area contributed by atoms with Gasteiger partial charge in [-0.3, -0.25) is 0 Å². The third-order valence-electron chi connectivity index (χ3n) is 2.94. The molecule has 20 heavy (non-hydrogen) atoms. The van der Waals surface area contributed by atoms with Crippen LogP contribution in [0.2, 0.25) is 5.02 Å². The van der Waals surface area contributed by atoms with Gasteiger partial charge in [0.05, 0.1) is 10.2 Å². The first-order valence-corrected chi connectivity index (χ1v) is 8.30. The molecule has 0 fully saturated rings. The van der Waals surface area contributed by atoms with E-state index in [0.29, 0.717) is 6.54 Å². The third-order valence-corrected chi connectivity index (χ3v) is 5.50. The summed E-state index contributed by atoms with van der Waals surface area (Å²) in [5, 5.41) is 0.779. The maximum atomic E-state index is 6.27. The fourth-order valence-corrected chi connectivity index (χ4v) is 4.55. The molecule has 0 saturated carbocycles. The highest BCUT2D eigenvalue weighted by molar-refractivity contribution is 8.01. The van der Waals surface area contributed by atoms with Gasteiger partial charge in [-0.05, 0) is 42.8 Å². The number of nitrogens with two attached hydrogens (primary N) is 1. The number of fused-ring (bicyclic) bond motifs is 1. The highest BCUT2D eigenvalue weighted by Gasteiger charge is 2.10. The van der Waals surface area contributed by atoms with Crippen LogP contribution in [0.5, 0.6) is 0 Å². The molecule has 1 heterocycles. The summed E-state index contributed by atoms with van der Waals surface area (Å²) in [7, 11) is 0. The molecule has 0 aliphatic heterocycles. The van der Waals surface area contributed by atoms with Gasteiger partial charge in [0.15, 0.2) is 4.34 Å². The minimum absolute atomic E-state index is 0.594. The molecule has 2 N–H and O–H groups in total. The fraction of sp³-hybridized carbons (Fsp3) is 0.133. The maximum Gasteiger partial charge on any atom is 0.155 e. The first-order valence-electron chi connectivity index (χ1n) is 6.29. The summed E-state index contributed by atoms with van der Waals surface area (Å²) in [4.78, 5) is 5.79. The molecule has 3 aromatic rings. The lowest BCUT2D eigenvalue weighted by atomic mass is 10.1. The molecule has 5 heteroatoms. The third kappa shape index (κ3) is 2.83. The van der Waals surface area contributed by atoms with Gasteiger partial charge < -0.3 is 5.73 Å². The van der Waals surface area contributed by atoms with Gasteiger partial charge in [0, 0.05) is 9.92 Å². The summed E-state index contributed by atoms with van der Waals surface area (Å²) in [6.45, 7) is 0.594. The molecule has 0 bridgehead atoms. The Kier molecular flexibility index (Phi) is 4.27. The Morgan fingerprint density at radius 1 is 1.15 bits per heavy atom. The Bertz CT molecular complexity index is 707. The van der Waals surface area contributed by atoms with Crippen LogP contribution < -0.4 is 5.73 Å². The van der Waals surface area contributed by atoms with Crippen LogP contribution in [0.4, 0.5) is 0 Å². The highest BCUT2D eigenvalue weighted by Crippen LogP contribution is 2.37. The van der Waals surface area contributed by atoms with E-state index in [9.17, 15) is 0 Å². The molecule has 0 spiro atoms. The molecule has 0 aliphatic carbocycles. The fourth-order valence-electron chi connectivity index (χ4n) is 2.01. The maximum absolute atomic E-state index is 6.27. The normalized spacial score (nSPS) is 11.1. The molecule has 0 atom stereocenters. The number of thiazole rings is 1. The summed E-state index contributed by atoms with van der Waals surface area (Å²) in [6, 6.07) is 14.1. The Hall–Kier alpha value is -1.07. The summed E-state index contributed by atoms with van der Waals surface area (Å²) in [5.74, 6) is 0. The van der Waals surface area contributed by atoms with Crippen molar-refractivity contribution in [3.63, 3.8) is 0 Å². The molecular formula is C15H13ClN2S2. The monoisotopic (exact) mass is 320 g/mol. The van der Waals surface area contributed by atoms with Crippen LogP contribution in [-0.2, 0) is 6.42 Å². The van der Waals surface area contributed by atoms with E-state index in [2.05, 4.69) is 17.1 Å². The van der Waals surface area contributed by atoms with Crippen molar-refractivity contribution in [2.45, 2.75) is 15.7 Å². The van der Waals surface area contributed by atoms with Crippen molar-refractivity contribution in [2.24, 2.45) is 5.73 Å². The van der Waals surface area contributed by atoms with Gasteiger partial charge in [-0.1, -0.05) is 41.6 Å². The van der Waals surface area contributed by atoms with Gasteiger partial charge in [-0.15, -0.1) is 11.3 Å². The van der Waals surface area contributed by atoms with E-state index in [1.165, 1.54) is 4.70 Å². The van der Waals surface area contributed by atoms with E-state index in [1.807, 2.05) is 30.3 Å². The Morgan fingerprint density at radius 3 is 2.80 bits per heavy atom. The topological polar surface area (TPSA) is 38.9 Å². The van der Waals surface area contributed by atoms with Crippen molar-refractivity contribution in [2.75, 3.05) is 6.54 Å². The van der Waals surface area contributed by atoms with E-state index in [4.69, 9.17) is 17.3 Å². The van der Waals surface area contributed by atoms with Crippen molar-refractivity contribution < 1.29 is 0 Å². The van der Waals surface area contributed by atoms with Crippen LogP contribution in [0.1, 0.15) is 5.56 Å². The summed E-state index contributed by atoms with van der Waals surface area (Å²) >= 11 is 9.63. The Labute approximate surface area is 131 Å². The second-order valence-electron chi connectivity index (χ2n) is 4.30. The smallest absolute Gasteiger partial charge is 0.155 e. The van der Waals surface area contributed by atoms with Crippen molar-refractivity contribution >= 4 is 44.9 Å². The molecule has 0 radical (unpaired) electrons. The lowest BCUT2D eigenvalue weighted by Gasteiger charge is -2.08. The Morgan fingerprint density at radius 2 is 2.00 bits per heavy atom. The zero-order valence-electron chi connectivity index (χ0n) is 10.7. The number of aromatic nitrogens is 1. The Balaban J connectivity index is 1.96. The lowest BCUT2D eigenvalue weighted by Crippen LogP contribution is -2.04. The second kappa shape index (κ2) is 6.14. The number of rotatable bonds is 4. The van der Waals surface area contributed by atoms with Crippen molar-refractivity contribution in [1.29, 1.82) is 0 Å². The number of hydrogen-bond acceptors (Lipinski definition) is 4. The molecule has 2 nitrogen and oxygen atoms in total. The molecule has 1 aromatic heterocycles. The van der Waals surface area contributed by atoms with Crippen molar-refractivity contribution in [3.8, 4) is 0 Å². The predicted molar refractivity (Wildman–Crippen MR) is 88.0 cm³/mol. The molecule has 0 aliphatic rings. The quantitative estimate of drug-likeness (QED) is 0.763. The number of halogens is 1. The van der Waals surface area contributed by atoms with Gasteiger partial charge in [0.1, 0.15) is 0 Å². The van der Waals surface area contributed by atoms with E-state index >= 15 is 0 Å². The van der Waals surface area contributed by atoms with Gasteiger partial charge in [0.2, 0.25) is 0 Å². The van der Waals surface area contributed by atoms with Crippen LogP contribution in [0.25, 0.3) is 10.2 Å². The van der Waals surface area contributed by atoms with Gasteiger partial charge in [-0.2, -0.15) is 0 Å². The van der Waals surface area contributed by atoms with Crippen LogP contribution in [0.15, 0.2) is 51.7 Å². The van der Waals surface area contributed by atoms with E-state index in [-0.39, 0.29) is 0 Å². The number of hydrogen-bond donors (Lipinski definition) is 1. The first kappa shape index (κ1) is 13.9. The molecular weight excluding hydrogens is 308 g/mol. The van der Waals surface area contributed by atoms with E-state index in [0.717, 1.165) is 31.8 Å². The van der Waals surface area contributed by atoms with E-state index in [1.54, 1.807) is 23.1 Å². The standard InChI is InChI=1S/C15H13ClN2S2/c16-11-4-3-7-13(10(11)8-9-17)19-15-18-12-5-1-2-6-14(12)20-15/h1-7H,8-9,17H2. The van der Waals surface area contributed by atoms with Gasteiger partial charge in [0.25, 0.3) is 0 Å². The summed E-state index contributed by atoms with van der Waals surface area (Å²) in [5.41, 5.74) is 7.83. The van der Waals surface area contributed by atoms with Crippen LogP contribution >= 0.6 is 34.7 Å². The summed E-state index contributed by atoms with van der Waals surface area (Å²) in [6.07, 6.45) is 0.785. The summed E-state index contributed by atoms with van der Waals surface area (Å²) < 4.78 is 2.24. The molecule has 0 saturated heterocycles. The molecule has 0 amide bonds. The molecule has 0 unspecified atom stereocenters. The SMILES string of the molecule is NCCc1c(Cl)cccc1Sc1nc2ccccc2s1. The second-order valence-corrected chi connectivity index (χ2v) is 7.03. The minimum atomic E-state index is 0.594. The largest absolute Gasteiger partial charge is 0.330 e. The zero-order valence-corrected chi connectivity index (χ0v) is 13.1. The molecule has 2 aromatic carbocycles. The van der Waals surface area contributed by atoms with Gasteiger partial charge in [-0.25, -0.2) is 4.98 Å². The molecule has 3 rings (SSSR count). The highest BCUT2D eigenvalue weighted by atomic mass is 35.5. The van der Waals surface area contributed by atoms with Gasteiger partial charge >= 0.3 is 0 Å². The minimum Gasteiger partial charge on any atom is -0.330 e. The molecule has 102 valence electrons. The number of nitrogens with zero attached hydrogens (tertiary/aromatic N) is 1. The van der Waals surface area contributed by atoms with Crippen molar-refractivity contribution in [3.05, 3.63) is 53.1 Å². The van der Waals surface area contributed by atoms with E-state index < -0.39 is 0 Å². The van der Waals surface area contributed by atoms with Crippen molar-refractivity contribution in [1.82, 2.24) is 4.98 Å². The average molecular weight is 321 g/mol. The van der Waals surface area contributed by atoms with Crippen LogP contribution in [0.3, 0.4) is 0 Å². The van der Waals surface area contributed by atoms with Crippen LogP contribution in [-0.4, -0.2) is 11.5 Å². The zero-order chi connectivity index (χ0) is 13.9. The number of benzene rings is 2. The first-order chi connectivity index (χ1) is 9.78. The lowest BCUT2D eigenvalue weighted by molar-refractivity contribution is 0.944.